The lowest BCUT2D eigenvalue weighted by molar-refractivity contribution is -0.129. The van der Waals surface area contributed by atoms with Crippen LogP contribution in [0.25, 0.3) is 10.2 Å². The van der Waals surface area contributed by atoms with Crippen molar-refractivity contribution in [2.24, 2.45) is 0 Å². The molecule has 2 aliphatic rings. The number of hydrogen-bond donors (Lipinski definition) is 0. The second kappa shape index (κ2) is 8.97. The summed E-state index contributed by atoms with van der Waals surface area (Å²) in [7, 11) is 1.67. The van der Waals surface area contributed by atoms with Gasteiger partial charge in [0.2, 0.25) is 5.91 Å². The van der Waals surface area contributed by atoms with Crippen molar-refractivity contribution < 1.29 is 9.53 Å². The molecular weight excluding hydrogens is 394 g/mol. The molecule has 0 bridgehead atoms. The number of carbonyl (C=O) groups is 1. The topological polar surface area (TPSA) is 64.4 Å². The van der Waals surface area contributed by atoms with E-state index in [2.05, 4.69) is 0 Å². The Morgan fingerprint density at radius 2 is 2.04 bits per heavy atom. The van der Waals surface area contributed by atoms with Crippen molar-refractivity contribution in [2.45, 2.75) is 56.6 Å². The number of ether oxygens (including phenoxy) is 1. The van der Waals surface area contributed by atoms with Crippen LogP contribution in [0.2, 0.25) is 0 Å². The highest BCUT2D eigenvalue weighted by molar-refractivity contribution is 7.99. The fourth-order valence-electron chi connectivity index (χ4n) is 4.09. The number of piperidine rings is 1. The van der Waals surface area contributed by atoms with Gasteiger partial charge < -0.3 is 9.64 Å². The molecule has 0 aromatic carbocycles. The van der Waals surface area contributed by atoms with Crippen LogP contribution in [0, 0.1) is 0 Å². The second-order valence-corrected chi connectivity index (χ2v) is 9.49. The zero-order valence-corrected chi connectivity index (χ0v) is 18.0. The first-order chi connectivity index (χ1) is 13.7. The van der Waals surface area contributed by atoms with E-state index >= 15 is 0 Å². The summed E-state index contributed by atoms with van der Waals surface area (Å²) in [5.41, 5.74) is 1.26. The Bertz CT molecular complexity index is 916. The van der Waals surface area contributed by atoms with E-state index in [0.29, 0.717) is 24.1 Å². The minimum Gasteiger partial charge on any atom is -0.385 e. The summed E-state index contributed by atoms with van der Waals surface area (Å²) in [5, 5.41) is 1.47. The Morgan fingerprint density at radius 1 is 1.21 bits per heavy atom. The van der Waals surface area contributed by atoms with E-state index in [-0.39, 0.29) is 11.5 Å². The highest BCUT2D eigenvalue weighted by atomic mass is 32.2. The van der Waals surface area contributed by atoms with Crippen molar-refractivity contribution in [3.8, 4) is 0 Å². The average Bonchev–Trinajstić information content (AvgIpc) is 3.29. The third kappa shape index (κ3) is 4.00. The van der Waals surface area contributed by atoms with E-state index in [9.17, 15) is 9.59 Å². The molecule has 0 radical (unpaired) electrons. The van der Waals surface area contributed by atoms with Gasteiger partial charge in [-0.2, -0.15) is 0 Å². The van der Waals surface area contributed by atoms with Gasteiger partial charge in [0.05, 0.1) is 11.1 Å². The van der Waals surface area contributed by atoms with Gasteiger partial charge in [-0.3, -0.25) is 14.2 Å². The number of carbonyl (C=O) groups excluding carboxylic acids is 1. The number of fused-ring (bicyclic) bond motifs is 3. The van der Waals surface area contributed by atoms with Crippen molar-refractivity contribution >= 4 is 39.2 Å². The van der Waals surface area contributed by atoms with Gasteiger partial charge in [-0.15, -0.1) is 11.3 Å². The molecule has 6 nitrogen and oxygen atoms in total. The maximum atomic E-state index is 13.3. The first kappa shape index (κ1) is 19.9. The van der Waals surface area contributed by atoms with Crippen LogP contribution in [0.3, 0.4) is 0 Å². The molecular formula is C20H27N3O3S2. The second-order valence-electron chi connectivity index (χ2n) is 7.47. The van der Waals surface area contributed by atoms with Crippen LogP contribution in [-0.4, -0.2) is 52.9 Å². The monoisotopic (exact) mass is 421 g/mol. The molecule has 1 amide bonds. The molecule has 0 atom stereocenters. The smallest absolute Gasteiger partial charge is 0.263 e. The number of hydrogen-bond acceptors (Lipinski definition) is 6. The van der Waals surface area contributed by atoms with Gasteiger partial charge in [0.1, 0.15) is 4.83 Å². The van der Waals surface area contributed by atoms with Crippen LogP contribution in [0.1, 0.15) is 42.5 Å². The largest absolute Gasteiger partial charge is 0.385 e. The summed E-state index contributed by atoms with van der Waals surface area (Å²) >= 11 is 3.06. The predicted octanol–water partition coefficient (Wildman–Crippen LogP) is 3.09. The number of thioether (sulfide) groups is 1. The van der Waals surface area contributed by atoms with Crippen molar-refractivity contribution in [3.63, 3.8) is 0 Å². The Morgan fingerprint density at radius 3 is 2.82 bits per heavy atom. The molecule has 1 aliphatic heterocycles. The quantitative estimate of drug-likeness (QED) is 0.391. The number of aromatic nitrogens is 2. The highest BCUT2D eigenvalue weighted by Gasteiger charge is 2.24. The molecule has 0 unspecified atom stereocenters. The lowest BCUT2D eigenvalue weighted by atomic mass is 10.1. The van der Waals surface area contributed by atoms with Crippen LogP contribution in [-0.2, 0) is 28.9 Å². The van der Waals surface area contributed by atoms with Crippen LogP contribution >= 0.6 is 23.1 Å². The van der Waals surface area contributed by atoms with Gasteiger partial charge >= 0.3 is 0 Å². The number of aryl methyl sites for hydroxylation is 2. The van der Waals surface area contributed by atoms with Gasteiger partial charge in [-0.25, -0.2) is 4.98 Å². The standard InChI is InChI=1S/C20H27N3O3S2/c1-26-12-6-11-23-19(25)17-14-7-5-8-15(14)28-18(17)21-20(23)27-13-16(24)22-9-3-2-4-10-22/h2-13H2,1H3. The number of rotatable bonds is 7. The zero-order valence-electron chi connectivity index (χ0n) is 16.4. The van der Waals surface area contributed by atoms with Crippen LogP contribution in [0.15, 0.2) is 9.95 Å². The van der Waals surface area contributed by atoms with Crippen LogP contribution in [0.5, 0.6) is 0 Å². The molecule has 0 spiro atoms. The number of methoxy groups -OCH3 is 1. The van der Waals surface area contributed by atoms with Crippen molar-refractivity contribution in [2.75, 3.05) is 32.6 Å². The number of likely N-dealkylation sites (tertiary alicyclic amines) is 1. The molecule has 4 rings (SSSR count). The molecule has 8 heteroatoms. The summed E-state index contributed by atoms with van der Waals surface area (Å²) in [6, 6.07) is 0. The molecule has 3 heterocycles. The lowest BCUT2D eigenvalue weighted by Crippen LogP contribution is -2.37. The number of thiophene rings is 1. The number of amides is 1. The lowest BCUT2D eigenvalue weighted by Gasteiger charge is -2.26. The summed E-state index contributed by atoms with van der Waals surface area (Å²) < 4.78 is 6.93. The normalized spacial score (nSPS) is 16.7. The molecule has 152 valence electrons. The highest BCUT2D eigenvalue weighted by Crippen LogP contribution is 2.35. The minimum atomic E-state index is 0.0495. The molecule has 1 saturated heterocycles. The fourth-order valence-corrected chi connectivity index (χ4v) is 6.32. The predicted molar refractivity (Wildman–Crippen MR) is 114 cm³/mol. The first-order valence-corrected chi connectivity index (χ1v) is 11.9. The molecule has 2 aromatic rings. The van der Waals surface area contributed by atoms with E-state index in [1.54, 1.807) is 23.0 Å². The summed E-state index contributed by atoms with van der Waals surface area (Å²) in [4.78, 5) is 34.8. The van der Waals surface area contributed by atoms with Gasteiger partial charge in [0, 0.05) is 38.2 Å². The molecule has 0 saturated carbocycles. The molecule has 0 N–H and O–H groups in total. The zero-order chi connectivity index (χ0) is 19.5. The van der Waals surface area contributed by atoms with Crippen molar-refractivity contribution in [1.82, 2.24) is 14.5 Å². The van der Waals surface area contributed by atoms with Gasteiger partial charge in [0.15, 0.2) is 5.16 Å². The van der Waals surface area contributed by atoms with Crippen LogP contribution in [0.4, 0.5) is 0 Å². The third-order valence-corrected chi connectivity index (χ3v) is 7.70. The fraction of sp³-hybridized carbons (Fsp3) is 0.650. The van der Waals surface area contributed by atoms with Gasteiger partial charge in [-0.1, -0.05) is 11.8 Å². The van der Waals surface area contributed by atoms with Gasteiger partial charge in [0.25, 0.3) is 5.56 Å². The summed E-state index contributed by atoms with van der Waals surface area (Å²) in [6.07, 6.45) is 7.29. The molecule has 28 heavy (non-hydrogen) atoms. The van der Waals surface area contributed by atoms with Crippen molar-refractivity contribution in [3.05, 3.63) is 20.8 Å². The molecule has 2 aromatic heterocycles. The SMILES string of the molecule is COCCCn1c(SCC(=O)N2CCCCC2)nc2sc3c(c2c1=O)CCC3. The van der Waals surface area contributed by atoms with E-state index in [4.69, 9.17) is 9.72 Å². The Balaban J connectivity index is 1.60. The Labute approximate surface area is 173 Å². The average molecular weight is 422 g/mol. The maximum absolute atomic E-state index is 13.3. The summed E-state index contributed by atoms with van der Waals surface area (Å²) in [5.74, 6) is 0.490. The minimum absolute atomic E-state index is 0.0495. The summed E-state index contributed by atoms with van der Waals surface area (Å²) in [6.45, 7) is 2.87. The maximum Gasteiger partial charge on any atom is 0.263 e. The van der Waals surface area contributed by atoms with E-state index < -0.39 is 0 Å². The Kier molecular flexibility index (Phi) is 6.38. The Hall–Kier alpha value is -1.38. The third-order valence-electron chi connectivity index (χ3n) is 5.55. The van der Waals surface area contributed by atoms with E-state index in [1.165, 1.54) is 28.6 Å². The van der Waals surface area contributed by atoms with Crippen molar-refractivity contribution in [1.29, 1.82) is 0 Å². The van der Waals surface area contributed by atoms with Crippen LogP contribution < -0.4 is 5.56 Å². The number of nitrogens with zero attached hydrogens (tertiary/aromatic N) is 3. The first-order valence-electron chi connectivity index (χ1n) is 10.1. The van der Waals surface area contributed by atoms with Gasteiger partial charge in [-0.05, 0) is 50.5 Å². The molecule has 1 fully saturated rings. The molecule has 1 aliphatic carbocycles. The van der Waals surface area contributed by atoms with E-state index in [0.717, 1.165) is 61.8 Å². The van der Waals surface area contributed by atoms with E-state index in [1.807, 2.05) is 4.90 Å².